The molecule has 0 bridgehead atoms. The van der Waals surface area contributed by atoms with Crippen LogP contribution in [0.25, 0.3) is 0 Å². The number of benzene rings is 2. The van der Waals surface area contributed by atoms with Gasteiger partial charge in [0.25, 0.3) is 0 Å². The molecule has 1 unspecified atom stereocenters. The van der Waals surface area contributed by atoms with Crippen LogP contribution in [0.15, 0.2) is 36.4 Å². The first kappa shape index (κ1) is 13.5. The number of rotatable bonds is 3. The number of aliphatic hydroxyl groups is 1. The van der Waals surface area contributed by atoms with E-state index in [1.165, 1.54) is 7.11 Å². The third-order valence-electron chi connectivity index (χ3n) is 2.92. The Morgan fingerprint density at radius 1 is 1.11 bits per heavy atom. The first-order valence-electron chi connectivity index (χ1n) is 5.80. The summed E-state index contributed by atoms with van der Waals surface area (Å²) in [6, 6.07) is 8.99. The summed E-state index contributed by atoms with van der Waals surface area (Å²) in [5.74, 6) is -1.58. The highest BCUT2D eigenvalue weighted by Gasteiger charge is 2.21. The molecule has 0 aliphatic heterocycles. The average molecular weight is 264 g/mol. The predicted molar refractivity (Wildman–Crippen MR) is 68.2 cm³/mol. The van der Waals surface area contributed by atoms with Gasteiger partial charge in [0, 0.05) is 12.1 Å². The quantitative estimate of drug-likeness (QED) is 0.921. The standard InChI is InChI=1S/C15H14F2O2/c1-9-4-3-5-10(6-9)15(18)14-12(16)7-11(19-2)8-13(14)17/h3-8,15,18H,1-2H3. The van der Waals surface area contributed by atoms with Gasteiger partial charge in [-0.1, -0.05) is 29.8 Å². The predicted octanol–water partition coefficient (Wildman–Crippen LogP) is 3.36. The molecule has 0 aliphatic carbocycles. The molecule has 1 atom stereocenters. The van der Waals surface area contributed by atoms with Crippen molar-refractivity contribution >= 4 is 0 Å². The fourth-order valence-electron chi connectivity index (χ4n) is 1.95. The third kappa shape index (κ3) is 2.74. The number of ether oxygens (including phenoxy) is 1. The lowest BCUT2D eigenvalue weighted by Gasteiger charge is -2.15. The van der Waals surface area contributed by atoms with Crippen molar-refractivity contribution in [2.75, 3.05) is 7.11 Å². The van der Waals surface area contributed by atoms with Gasteiger partial charge in [-0.25, -0.2) is 8.78 Å². The second kappa shape index (κ2) is 5.36. The highest BCUT2D eigenvalue weighted by molar-refractivity contribution is 5.37. The van der Waals surface area contributed by atoms with Crippen molar-refractivity contribution in [3.8, 4) is 5.75 Å². The van der Waals surface area contributed by atoms with Gasteiger partial charge in [0.2, 0.25) is 0 Å². The molecule has 100 valence electrons. The molecule has 4 heteroatoms. The molecule has 0 saturated carbocycles. The van der Waals surface area contributed by atoms with Gasteiger partial charge in [0.05, 0.1) is 12.7 Å². The van der Waals surface area contributed by atoms with E-state index in [0.717, 1.165) is 17.7 Å². The Balaban J connectivity index is 2.47. The molecule has 1 N–H and O–H groups in total. The number of aliphatic hydroxyl groups excluding tert-OH is 1. The van der Waals surface area contributed by atoms with Gasteiger partial charge in [-0.3, -0.25) is 0 Å². The molecular formula is C15H14F2O2. The lowest BCUT2D eigenvalue weighted by molar-refractivity contribution is 0.208. The molecule has 0 radical (unpaired) electrons. The summed E-state index contributed by atoms with van der Waals surface area (Å²) in [5, 5.41) is 10.1. The van der Waals surface area contributed by atoms with Gasteiger partial charge in [-0.15, -0.1) is 0 Å². The zero-order valence-corrected chi connectivity index (χ0v) is 10.7. The van der Waals surface area contributed by atoms with E-state index in [-0.39, 0.29) is 11.3 Å². The van der Waals surface area contributed by atoms with Crippen LogP contribution >= 0.6 is 0 Å². The summed E-state index contributed by atoms with van der Waals surface area (Å²) in [6.45, 7) is 1.84. The maximum absolute atomic E-state index is 13.9. The topological polar surface area (TPSA) is 29.5 Å². The van der Waals surface area contributed by atoms with Gasteiger partial charge >= 0.3 is 0 Å². The normalized spacial score (nSPS) is 12.3. The zero-order chi connectivity index (χ0) is 14.0. The van der Waals surface area contributed by atoms with Crippen molar-refractivity contribution in [2.45, 2.75) is 13.0 Å². The highest BCUT2D eigenvalue weighted by atomic mass is 19.1. The summed E-state index contributed by atoms with van der Waals surface area (Å²) in [7, 11) is 1.32. The fraction of sp³-hybridized carbons (Fsp3) is 0.200. The summed E-state index contributed by atoms with van der Waals surface area (Å²) < 4.78 is 32.5. The zero-order valence-electron chi connectivity index (χ0n) is 10.7. The van der Waals surface area contributed by atoms with Crippen LogP contribution in [0, 0.1) is 18.6 Å². The first-order valence-corrected chi connectivity index (χ1v) is 5.80. The molecule has 0 aliphatic rings. The van der Waals surface area contributed by atoms with Crippen LogP contribution in [0.1, 0.15) is 22.8 Å². The maximum atomic E-state index is 13.9. The summed E-state index contributed by atoms with van der Waals surface area (Å²) in [5.41, 5.74) is 0.986. The first-order chi connectivity index (χ1) is 9.02. The fourth-order valence-corrected chi connectivity index (χ4v) is 1.95. The molecule has 0 saturated heterocycles. The van der Waals surface area contributed by atoms with Crippen molar-refractivity contribution in [1.82, 2.24) is 0 Å². The number of aryl methyl sites for hydroxylation is 1. The van der Waals surface area contributed by atoms with Gasteiger partial charge < -0.3 is 9.84 Å². The number of hydrogen-bond donors (Lipinski definition) is 1. The van der Waals surface area contributed by atoms with Crippen molar-refractivity contribution in [2.24, 2.45) is 0 Å². The van der Waals surface area contributed by atoms with Gasteiger partial charge in [-0.2, -0.15) is 0 Å². The Bertz CT molecular complexity index is 573. The van der Waals surface area contributed by atoms with Gasteiger partial charge in [0.1, 0.15) is 23.5 Å². The number of methoxy groups -OCH3 is 1. The molecule has 0 aromatic heterocycles. The van der Waals surface area contributed by atoms with Crippen LogP contribution in [0.4, 0.5) is 8.78 Å². The lowest BCUT2D eigenvalue weighted by Crippen LogP contribution is -2.06. The van der Waals surface area contributed by atoms with Crippen LogP contribution in [-0.4, -0.2) is 12.2 Å². The van der Waals surface area contributed by atoms with Crippen LogP contribution in [0.3, 0.4) is 0 Å². The molecule has 0 spiro atoms. The van der Waals surface area contributed by atoms with E-state index in [4.69, 9.17) is 4.74 Å². The molecule has 0 fully saturated rings. The third-order valence-corrected chi connectivity index (χ3v) is 2.92. The Labute approximate surface area is 110 Å². The van der Waals surface area contributed by atoms with Crippen LogP contribution in [-0.2, 0) is 0 Å². The highest BCUT2D eigenvalue weighted by Crippen LogP contribution is 2.30. The van der Waals surface area contributed by atoms with Crippen molar-refractivity contribution in [3.05, 3.63) is 64.7 Å². The average Bonchev–Trinajstić information content (AvgIpc) is 2.37. The van der Waals surface area contributed by atoms with E-state index in [9.17, 15) is 13.9 Å². The van der Waals surface area contributed by atoms with Crippen molar-refractivity contribution in [1.29, 1.82) is 0 Å². The van der Waals surface area contributed by atoms with Crippen LogP contribution < -0.4 is 4.74 Å². The Morgan fingerprint density at radius 2 is 1.74 bits per heavy atom. The van der Waals surface area contributed by atoms with Crippen LogP contribution in [0.5, 0.6) is 5.75 Å². The van der Waals surface area contributed by atoms with E-state index in [1.807, 2.05) is 13.0 Å². The van der Waals surface area contributed by atoms with Crippen LogP contribution in [0.2, 0.25) is 0 Å². The van der Waals surface area contributed by atoms with E-state index in [2.05, 4.69) is 0 Å². The second-order valence-corrected chi connectivity index (χ2v) is 4.32. The molecule has 2 aromatic rings. The smallest absolute Gasteiger partial charge is 0.135 e. The Kier molecular flexibility index (Phi) is 3.81. The minimum absolute atomic E-state index is 0.0789. The molecule has 0 amide bonds. The summed E-state index contributed by atoms with van der Waals surface area (Å²) >= 11 is 0. The minimum atomic E-state index is -1.34. The Morgan fingerprint density at radius 3 is 2.26 bits per heavy atom. The maximum Gasteiger partial charge on any atom is 0.135 e. The molecule has 19 heavy (non-hydrogen) atoms. The molecule has 2 nitrogen and oxygen atoms in total. The SMILES string of the molecule is COc1cc(F)c(C(O)c2cccc(C)c2)c(F)c1. The molecule has 2 rings (SSSR count). The second-order valence-electron chi connectivity index (χ2n) is 4.32. The molecule has 2 aromatic carbocycles. The van der Waals surface area contributed by atoms with E-state index in [0.29, 0.717) is 5.56 Å². The molecule has 0 heterocycles. The van der Waals surface area contributed by atoms with Gasteiger partial charge in [-0.05, 0) is 12.5 Å². The van der Waals surface area contributed by atoms with Gasteiger partial charge in [0.15, 0.2) is 0 Å². The number of halogens is 2. The van der Waals surface area contributed by atoms with E-state index in [1.54, 1.807) is 18.2 Å². The summed E-state index contributed by atoms with van der Waals surface area (Å²) in [6.07, 6.45) is -1.34. The largest absolute Gasteiger partial charge is 0.497 e. The monoisotopic (exact) mass is 264 g/mol. The summed E-state index contributed by atoms with van der Waals surface area (Å²) in [4.78, 5) is 0. The minimum Gasteiger partial charge on any atom is -0.497 e. The van der Waals surface area contributed by atoms with E-state index < -0.39 is 17.7 Å². The molecular weight excluding hydrogens is 250 g/mol. The lowest BCUT2D eigenvalue weighted by atomic mass is 9.99. The van der Waals surface area contributed by atoms with Crippen molar-refractivity contribution in [3.63, 3.8) is 0 Å². The number of hydrogen-bond acceptors (Lipinski definition) is 2. The van der Waals surface area contributed by atoms with Crippen molar-refractivity contribution < 1.29 is 18.6 Å². The Hall–Kier alpha value is -1.94. The van der Waals surface area contributed by atoms with E-state index >= 15 is 0 Å².